The van der Waals surface area contributed by atoms with E-state index in [-0.39, 0.29) is 12.6 Å². The van der Waals surface area contributed by atoms with Gasteiger partial charge in [-0.15, -0.1) is 0 Å². The summed E-state index contributed by atoms with van der Waals surface area (Å²) in [6, 6.07) is 14.4. The van der Waals surface area contributed by atoms with E-state index in [0.717, 1.165) is 5.56 Å². The van der Waals surface area contributed by atoms with Gasteiger partial charge in [-0.3, -0.25) is 9.97 Å². The number of imidazole rings is 1. The Bertz CT molecular complexity index is 1720. The van der Waals surface area contributed by atoms with Gasteiger partial charge in [0.05, 0.1) is 29.2 Å². The molecule has 5 rings (SSSR count). The molecule has 0 amide bonds. The quantitative estimate of drug-likeness (QED) is 0.274. The summed E-state index contributed by atoms with van der Waals surface area (Å²) in [6.45, 7) is 12.9. The lowest BCUT2D eigenvalue weighted by Gasteiger charge is -2.29. The van der Waals surface area contributed by atoms with Crippen molar-refractivity contribution in [3.8, 4) is 17.1 Å². The molecule has 212 valence electrons. The highest BCUT2D eigenvalue weighted by Crippen LogP contribution is 2.42. The minimum Gasteiger partial charge on any atom is -0.465 e. The summed E-state index contributed by atoms with van der Waals surface area (Å²) in [5, 5.41) is 16.9. The van der Waals surface area contributed by atoms with Crippen molar-refractivity contribution in [1.29, 1.82) is 0 Å². The summed E-state index contributed by atoms with van der Waals surface area (Å²) in [6.07, 6.45) is 0.941. The van der Waals surface area contributed by atoms with Crippen LogP contribution in [0.25, 0.3) is 22.2 Å². The number of aryl methyl sites for hydroxylation is 3. The third kappa shape index (κ3) is 5.06. The van der Waals surface area contributed by atoms with Crippen LogP contribution in [0, 0.1) is 20.8 Å². The van der Waals surface area contributed by atoms with Crippen LogP contribution in [0.4, 0.5) is 4.79 Å². The predicted octanol–water partition coefficient (Wildman–Crippen LogP) is 5.87. The monoisotopic (exact) mass is 555 g/mol. The minimum atomic E-state index is -1.86. The van der Waals surface area contributed by atoms with Gasteiger partial charge >= 0.3 is 12.1 Å². The smallest absolute Gasteiger partial charge is 0.423 e. The van der Waals surface area contributed by atoms with E-state index in [1.807, 2.05) is 39.0 Å². The van der Waals surface area contributed by atoms with Gasteiger partial charge in [0, 0.05) is 23.0 Å². The fourth-order valence-corrected chi connectivity index (χ4v) is 4.91. The lowest BCUT2D eigenvalue weighted by molar-refractivity contribution is 0.0527. The average molecular weight is 556 g/mol. The molecule has 0 aliphatic rings. The van der Waals surface area contributed by atoms with Gasteiger partial charge in [0.25, 0.3) is 0 Å². The second kappa shape index (κ2) is 10.4. The molecule has 0 bridgehead atoms. The zero-order valence-electron chi connectivity index (χ0n) is 24.2. The molecule has 0 fully saturated rings. The molecule has 0 aliphatic carbocycles. The first-order valence-corrected chi connectivity index (χ1v) is 13.4. The summed E-state index contributed by atoms with van der Waals surface area (Å²) in [4.78, 5) is 27.6. The molecule has 41 heavy (non-hydrogen) atoms. The van der Waals surface area contributed by atoms with Crippen LogP contribution in [0.15, 0.2) is 59.3 Å². The van der Waals surface area contributed by atoms with E-state index in [1.54, 1.807) is 64.2 Å². The largest absolute Gasteiger partial charge is 0.465 e. The molecule has 10 nitrogen and oxygen atoms in total. The zero-order chi connectivity index (χ0) is 29.5. The van der Waals surface area contributed by atoms with Gasteiger partial charge in [0.15, 0.2) is 5.60 Å². The fourth-order valence-electron chi connectivity index (χ4n) is 4.91. The molecule has 0 spiro atoms. The number of hydrogen-bond acceptors (Lipinski definition) is 9. The van der Waals surface area contributed by atoms with E-state index in [2.05, 4.69) is 10.1 Å². The van der Waals surface area contributed by atoms with Crippen molar-refractivity contribution >= 4 is 17.1 Å². The Balaban J connectivity index is 1.94. The number of carbonyl (C=O) groups excluding carboxylic acids is 1. The molecule has 1 atom stereocenters. The van der Waals surface area contributed by atoms with Gasteiger partial charge in [-0.25, -0.2) is 4.79 Å². The fraction of sp³-hybridized carbons (Fsp3) is 0.323. The standard InChI is InChI=1S/C31H33N5O5/c1-8-39-28-34-27-22(31(38,24-13-9-10-15-32-24)25-14-11-12-18(2)33-25)16-21(26-19(3)35-41-20(26)4)17-23(27)36(28)29(37)40-30(5,6)7/h9-17,38H,8H2,1-7H3. The number of fused-ring (bicyclic) bond motifs is 1. The van der Waals surface area contributed by atoms with Crippen LogP contribution in [0.5, 0.6) is 6.01 Å². The molecule has 1 unspecified atom stereocenters. The average Bonchev–Trinajstić information content (AvgIpc) is 3.45. The Morgan fingerprint density at radius 2 is 1.78 bits per heavy atom. The number of aliphatic hydroxyl groups is 1. The lowest BCUT2D eigenvalue weighted by atomic mass is 9.83. The molecule has 1 N–H and O–H groups in total. The Labute approximate surface area is 238 Å². The van der Waals surface area contributed by atoms with Crippen LogP contribution >= 0.6 is 0 Å². The Hall–Kier alpha value is -4.57. The number of benzene rings is 1. The van der Waals surface area contributed by atoms with Crippen molar-refractivity contribution in [2.24, 2.45) is 0 Å². The van der Waals surface area contributed by atoms with E-state index < -0.39 is 17.3 Å². The van der Waals surface area contributed by atoms with E-state index in [0.29, 0.717) is 50.7 Å². The normalized spacial score (nSPS) is 13.3. The van der Waals surface area contributed by atoms with Gasteiger partial charge in [0.1, 0.15) is 16.9 Å². The number of aromatic nitrogens is 5. The summed E-state index contributed by atoms with van der Waals surface area (Å²) >= 11 is 0. The van der Waals surface area contributed by atoms with Crippen LogP contribution in [0.1, 0.15) is 61.8 Å². The van der Waals surface area contributed by atoms with Gasteiger partial charge in [-0.05, 0) is 90.4 Å². The zero-order valence-corrected chi connectivity index (χ0v) is 24.2. The summed E-state index contributed by atoms with van der Waals surface area (Å²) in [5.74, 6) is 0.580. The molecule has 1 aromatic carbocycles. The molecule has 10 heteroatoms. The van der Waals surface area contributed by atoms with Gasteiger partial charge in [-0.2, -0.15) is 9.55 Å². The molecule has 5 aromatic rings. The van der Waals surface area contributed by atoms with E-state index in [9.17, 15) is 9.90 Å². The maximum Gasteiger partial charge on any atom is 0.423 e. The lowest BCUT2D eigenvalue weighted by Crippen LogP contribution is -2.32. The topological polar surface area (TPSA) is 125 Å². The number of hydrogen-bond donors (Lipinski definition) is 1. The summed E-state index contributed by atoms with van der Waals surface area (Å²) in [7, 11) is 0. The molecule has 0 saturated carbocycles. The summed E-state index contributed by atoms with van der Waals surface area (Å²) in [5.41, 5.74) is 1.82. The number of nitrogens with zero attached hydrogens (tertiary/aromatic N) is 5. The molecular formula is C31H33N5O5. The highest BCUT2D eigenvalue weighted by Gasteiger charge is 2.41. The number of ether oxygens (including phenoxy) is 2. The third-order valence-electron chi connectivity index (χ3n) is 6.59. The first-order chi connectivity index (χ1) is 19.4. The molecule has 4 aromatic heterocycles. The number of carbonyl (C=O) groups is 1. The Morgan fingerprint density at radius 3 is 2.39 bits per heavy atom. The summed E-state index contributed by atoms with van der Waals surface area (Å²) < 4.78 is 18.4. The van der Waals surface area contributed by atoms with Crippen molar-refractivity contribution in [2.45, 2.75) is 59.7 Å². The van der Waals surface area contributed by atoms with Crippen molar-refractivity contribution in [2.75, 3.05) is 6.61 Å². The van der Waals surface area contributed by atoms with Crippen LogP contribution in [0.2, 0.25) is 0 Å². The van der Waals surface area contributed by atoms with Crippen LogP contribution < -0.4 is 4.74 Å². The number of rotatable bonds is 6. The number of pyridine rings is 2. The molecule has 0 saturated heterocycles. The van der Waals surface area contributed by atoms with Crippen LogP contribution in [-0.4, -0.2) is 48.1 Å². The van der Waals surface area contributed by atoms with Crippen molar-refractivity contribution < 1.29 is 23.9 Å². The first-order valence-electron chi connectivity index (χ1n) is 13.4. The van der Waals surface area contributed by atoms with Crippen molar-refractivity contribution in [1.82, 2.24) is 24.7 Å². The van der Waals surface area contributed by atoms with E-state index >= 15 is 0 Å². The highest BCUT2D eigenvalue weighted by molar-refractivity contribution is 5.94. The molecule has 0 aliphatic heterocycles. The van der Waals surface area contributed by atoms with Gasteiger partial charge in [-0.1, -0.05) is 17.3 Å². The molecular weight excluding hydrogens is 522 g/mol. The maximum absolute atomic E-state index is 13.6. The maximum atomic E-state index is 13.6. The first kappa shape index (κ1) is 28.0. The Kier molecular flexibility index (Phi) is 7.12. The van der Waals surface area contributed by atoms with Crippen molar-refractivity contribution in [3.63, 3.8) is 0 Å². The van der Waals surface area contributed by atoms with Crippen molar-refractivity contribution in [3.05, 3.63) is 88.8 Å². The van der Waals surface area contributed by atoms with Crippen LogP contribution in [0.3, 0.4) is 0 Å². The van der Waals surface area contributed by atoms with E-state index in [1.165, 1.54) is 4.57 Å². The third-order valence-corrected chi connectivity index (χ3v) is 6.59. The Morgan fingerprint density at radius 1 is 1.02 bits per heavy atom. The molecule has 0 radical (unpaired) electrons. The second-order valence-corrected chi connectivity index (χ2v) is 10.8. The highest BCUT2D eigenvalue weighted by atomic mass is 16.6. The minimum absolute atomic E-state index is 0.0366. The van der Waals surface area contributed by atoms with E-state index in [4.69, 9.17) is 24.0 Å². The SMILES string of the molecule is CCOc1nc2c(C(O)(c3ccccn3)c3cccc(C)n3)cc(-c3c(C)noc3C)cc2n1C(=O)OC(C)(C)C. The van der Waals surface area contributed by atoms with Gasteiger partial charge in [0.2, 0.25) is 0 Å². The van der Waals surface area contributed by atoms with Crippen LogP contribution in [-0.2, 0) is 10.3 Å². The predicted molar refractivity (Wildman–Crippen MR) is 153 cm³/mol. The second-order valence-electron chi connectivity index (χ2n) is 10.8. The molecule has 4 heterocycles. The van der Waals surface area contributed by atoms with Gasteiger partial charge < -0.3 is 19.1 Å².